The number of carbonyl (C=O) groups is 1. The number of amides is 1. The number of phosphoric ester groups is 1. The van der Waals surface area contributed by atoms with Crippen LogP contribution in [0.15, 0.2) is 42.5 Å². The number of phenols is 1. The molecule has 0 aromatic heterocycles. The van der Waals surface area contributed by atoms with E-state index in [-0.39, 0.29) is 11.0 Å². The van der Waals surface area contributed by atoms with Crippen LogP contribution in [0.2, 0.25) is 0 Å². The standard InChI is InChI=1S/C10H8O.C6H15N2O5P/c11-10-7-3-5-8-4-1-2-6-9(8)10;1-8(2,3)4-5(6(7)9)13-14(10,11)12/h1-7,11H;5H,4H2,1-3H3,(H3-,7,9,10,11,12). The summed E-state index contributed by atoms with van der Waals surface area (Å²) in [7, 11) is 0.263. The number of phosphoric acid groups is 1. The molecule has 25 heavy (non-hydrogen) atoms. The first kappa shape index (κ1) is 21.1. The number of carbonyl (C=O) groups excluding carboxylic acids is 1. The molecule has 2 aromatic carbocycles. The molecule has 8 nitrogen and oxygen atoms in total. The van der Waals surface area contributed by atoms with E-state index in [4.69, 9.17) is 10.6 Å². The van der Waals surface area contributed by atoms with Crippen molar-refractivity contribution in [3.63, 3.8) is 0 Å². The van der Waals surface area contributed by atoms with E-state index >= 15 is 0 Å². The van der Waals surface area contributed by atoms with Crippen molar-refractivity contribution < 1.29 is 33.3 Å². The number of phenolic OH excluding ortho intramolecular Hbond substituents is 1. The number of nitrogens with two attached hydrogens (primary N) is 1. The monoisotopic (exact) mass is 370 g/mol. The molecule has 138 valence electrons. The summed E-state index contributed by atoms with van der Waals surface area (Å²) < 4.78 is 14.8. The van der Waals surface area contributed by atoms with E-state index in [2.05, 4.69) is 4.52 Å². The number of primary amides is 1. The van der Waals surface area contributed by atoms with Crippen molar-refractivity contribution >= 4 is 24.5 Å². The number of hydrogen-bond acceptors (Lipinski definition) is 5. The quantitative estimate of drug-likeness (QED) is 0.521. The molecule has 2 unspecified atom stereocenters. The Labute approximate surface area is 146 Å². The molecule has 0 aliphatic carbocycles. The van der Waals surface area contributed by atoms with Crippen molar-refractivity contribution in [2.24, 2.45) is 5.73 Å². The molecule has 4 N–H and O–H groups in total. The van der Waals surface area contributed by atoms with E-state index in [1.54, 1.807) is 27.2 Å². The minimum atomic E-state index is -4.92. The number of nitrogens with zero attached hydrogens (tertiary/aromatic N) is 1. The number of benzene rings is 2. The molecule has 9 heteroatoms. The summed E-state index contributed by atoms with van der Waals surface area (Å²) in [5.41, 5.74) is 4.91. The minimum Gasteiger partial charge on any atom is -0.756 e. The van der Waals surface area contributed by atoms with Gasteiger partial charge in [-0.25, -0.2) is 0 Å². The summed E-state index contributed by atoms with van der Waals surface area (Å²) >= 11 is 0. The Bertz CT molecular complexity index is 763. The van der Waals surface area contributed by atoms with Crippen LogP contribution in [0.1, 0.15) is 0 Å². The van der Waals surface area contributed by atoms with E-state index in [1.807, 2.05) is 36.4 Å². The van der Waals surface area contributed by atoms with E-state index in [0.29, 0.717) is 5.75 Å². The van der Waals surface area contributed by atoms with Gasteiger partial charge in [0.15, 0.2) is 6.10 Å². The summed E-state index contributed by atoms with van der Waals surface area (Å²) in [5, 5.41) is 11.4. The van der Waals surface area contributed by atoms with Gasteiger partial charge in [-0.1, -0.05) is 36.4 Å². The van der Waals surface area contributed by atoms with Crippen LogP contribution in [-0.2, 0) is 13.9 Å². The molecular weight excluding hydrogens is 347 g/mol. The van der Waals surface area contributed by atoms with E-state index < -0.39 is 19.8 Å². The predicted molar refractivity (Wildman–Crippen MR) is 92.4 cm³/mol. The fraction of sp³-hybridized carbons (Fsp3) is 0.312. The van der Waals surface area contributed by atoms with Crippen molar-refractivity contribution in [1.82, 2.24) is 0 Å². The lowest BCUT2D eigenvalue weighted by Crippen LogP contribution is -2.47. The van der Waals surface area contributed by atoms with Crippen LogP contribution in [0.25, 0.3) is 10.8 Å². The van der Waals surface area contributed by atoms with Crippen molar-refractivity contribution in [3.8, 4) is 5.75 Å². The van der Waals surface area contributed by atoms with Gasteiger partial charge in [0, 0.05) is 5.39 Å². The van der Waals surface area contributed by atoms with Gasteiger partial charge in [-0.2, -0.15) is 0 Å². The van der Waals surface area contributed by atoms with Gasteiger partial charge in [0.05, 0.1) is 21.1 Å². The van der Waals surface area contributed by atoms with Gasteiger partial charge in [0.2, 0.25) is 0 Å². The molecule has 0 saturated carbocycles. The fourth-order valence-corrected chi connectivity index (χ4v) is 2.53. The van der Waals surface area contributed by atoms with E-state index in [9.17, 15) is 19.4 Å². The fourth-order valence-electron chi connectivity index (χ4n) is 2.04. The highest BCUT2D eigenvalue weighted by Gasteiger charge is 2.27. The summed E-state index contributed by atoms with van der Waals surface area (Å²) in [4.78, 5) is 29.5. The first-order valence-corrected chi connectivity index (χ1v) is 8.87. The maximum Gasteiger partial charge on any atom is 0.266 e. The number of hydrogen-bond donors (Lipinski definition) is 3. The summed E-state index contributed by atoms with van der Waals surface area (Å²) in [6, 6.07) is 13.3. The lowest BCUT2D eigenvalue weighted by atomic mass is 10.1. The molecule has 2 aromatic rings. The Morgan fingerprint density at radius 3 is 2.28 bits per heavy atom. The normalized spacial score (nSPS) is 14.9. The highest BCUT2D eigenvalue weighted by molar-refractivity contribution is 7.44. The first-order chi connectivity index (χ1) is 11.4. The molecule has 0 radical (unpaired) electrons. The molecule has 0 fully saturated rings. The third kappa shape index (κ3) is 8.11. The van der Waals surface area contributed by atoms with Gasteiger partial charge in [0.25, 0.3) is 13.7 Å². The second-order valence-corrected chi connectivity index (χ2v) is 7.58. The Morgan fingerprint density at radius 1 is 1.24 bits per heavy atom. The molecule has 1 amide bonds. The lowest BCUT2D eigenvalue weighted by Gasteiger charge is -2.29. The van der Waals surface area contributed by atoms with Crippen LogP contribution in [0, 0.1) is 0 Å². The zero-order chi connectivity index (χ0) is 19.3. The summed E-state index contributed by atoms with van der Waals surface area (Å²) in [6.45, 7) is 0.0577. The SMILES string of the molecule is C[N+](C)(C)CC(OP(=O)([O-])O)C(N)=O.Oc1cccc2ccccc12. The first-order valence-electron chi connectivity index (χ1n) is 7.38. The van der Waals surface area contributed by atoms with Gasteiger partial charge in [-0.05, 0) is 11.5 Å². The largest absolute Gasteiger partial charge is 0.756 e. The third-order valence-electron chi connectivity index (χ3n) is 3.06. The number of likely N-dealkylation sites (N-methyl/N-ethyl adjacent to an activating group) is 1. The zero-order valence-corrected chi connectivity index (χ0v) is 15.2. The topological polar surface area (TPSA) is 133 Å². The lowest BCUT2D eigenvalue weighted by molar-refractivity contribution is -0.872. The van der Waals surface area contributed by atoms with Crippen LogP contribution < -0.4 is 10.6 Å². The molecule has 0 aliphatic heterocycles. The Morgan fingerprint density at radius 2 is 1.80 bits per heavy atom. The number of quaternary nitrogens is 1. The molecule has 0 spiro atoms. The number of fused-ring (bicyclic) bond motifs is 1. The van der Waals surface area contributed by atoms with Gasteiger partial charge < -0.3 is 25.1 Å². The average Bonchev–Trinajstić information content (AvgIpc) is 2.45. The molecule has 0 aliphatic rings. The molecule has 0 heterocycles. The maximum absolute atomic E-state index is 10.8. The number of aromatic hydroxyl groups is 1. The van der Waals surface area contributed by atoms with Crippen LogP contribution in [-0.4, -0.2) is 54.2 Å². The average molecular weight is 370 g/mol. The third-order valence-corrected chi connectivity index (χ3v) is 3.58. The Hall–Kier alpha value is -1.96. The molecule has 2 rings (SSSR count). The zero-order valence-electron chi connectivity index (χ0n) is 14.3. The van der Waals surface area contributed by atoms with Crippen LogP contribution in [0.5, 0.6) is 5.75 Å². The molecule has 0 saturated heterocycles. The van der Waals surface area contributed by atoms with Gasteiger partial charge >= 0.3 is 0 Å². The van der Waals surface area contributed by atoms with E-state index in [1.165, 1.54) is 0 Å². The van der Waals surface area contributed by atoms with Crippen molar-refractivity contribution in [2.45, 2.75) is 6.10 Å². The van der Waals surface area contributed by atoms with Crippen molar-refractivity contribution in [1.29, 1.82) is 0 Å². The van der Waals surface area contributed by atoms with Gasteiger partial charge in [0.1, 0.15) is 12.3 Å². The van der Waals surface area contributed by atoms with Crippen LogP contribution in [0.3, 0.4) is 0 Å². The second kappa shape index (κ2) is 8.42. The molecule has 2 atom stereocenters. The summed E-state index contributed by atoms with van der Waals surface area (Å²) in [5.74, 6) is -0.578. The second-order valence-electron chi connectivity index (χ2n) is 6.44. The number of rotatable bonds is 5. The summed E-state index contributed by atoms with van der Waals surface area (Å²) in [6.07, 6.45) is -1.34. The predicted octanol–water partition coefficient (Wildman–Crippen LogP) is 0.569. The Balaban J connectivity index is 0.000000255. The van der Waals surface area contributed by atoms with Crippen molar-refractivity contribution in [3.05, 3.63) is 42.5 Å². The Kier molecular flexibility index (Phi) is 7.10. The molecular formula is C16H23N2O6P. The minimum absolute atomic E-state index is 0.0577. The van der Waals surface area contributed by atoms with Gasteiger partial charge in [-0.3, -0.25) is 13.9 Å². The van der Waals surface area contributed by atoms with Crippen LogP contribution in [0.4, 0.5) is 0 Å². The van der Waals surface area contributed by atoms with Crippen LogP contribution >= 0.6 is 7.82 Å². The smallest absolute Gasteiger partial charge is 0.266 e. The maximum atomic E-state index is 10.8. The van der Waals surface area contributed by atoms with E-state index in [0.717, 1.165) is 10.8 Å². The van der Waals surface area contributed by atoms with Gasteiger partial charge in [-0.15, -0.1) is 0 Å². The van der Waals surface area contributed by atoms with Crippen molar-refractivity contribution in [2.75, 3.05) is 27.7 Å². The highest BCUT2D eigenvalue weighted by Crippen LogP contribution is 2.32. The molecule has 0 bridgehead atoms. The highest BCUT2D eigenvalue weighted by atomic mass is 31.2.